The van der Waals surface area contributed by atoms with E-state index in [-0.39, 0.29) is 29.3 Å². The standard InChI is InChI=1S/C19H16O4.C17H19N3O3S/c1-12(20)11-15(13-7-3-2-4-8-13)17-18(21)14-9-5-6-10-16(14)23-19(17)22;1-10-8-18-15(11(2)16(10)23-4)9-24(21)17-19-13-6-5-12(22-3)7-14(13)20-17/h2-10,15,21H,11H2,1H3;5-8H,9H2,1-4H3,(H,19,20). The lowest BCUT2D eigenvalue weighted by Gasteiger charge is -2.17. The highest BCUT2D eigenvalue weighted by atomic mass is 32.2. The molecule has 10 nitrogen and oxygen atoms in total. The number of fused-ring (bicyclic) bond motifs is 2. The lowest BCUT2D eigenvalue weighted by atomic mass is 9.87. The van der Waals surface area contributed by atoms with Gasteiger partial charge >= 0.3 is 5.63 Å². The second-order valence-electron chi connectivity index (χ2n) is 11.0. The third-order valence-electron chi connectivity index (χ3n) is 7.76. The number of ether oxygens (including phenoxy) is 2. The Morgan fingerprint density at radius 2 is 1.74 bits per heavy atom. The molecule has 0 aliphatic rings. The number of H-pyrrole nitrogens is 1. The fourth-order valence-corrected chi connectivity index (χ4v) is 6.52. The molecule has 2 unspecified atom stereocenters. The molecule has 0 fully saturated rings. The van der Waals surface area contributed by atoms with E-state index >= 15 is 0 Å². The number of imidazole rings is 1. The van der Waals surface area contributed by atoms with E-state index in [1.807, 2.05) is 62.4 Å². The number of nitrogens with zero attached hydrogens (tertiary/aromatic N) is 2. The van der Waals surface area contributed by atoms with Crippen molar-refractivity contribution in [3.8, 4) is 17.2 Å². The number of benzene rings is 3. The topological polar surface area (TPSA) is 145 Å². The van der Waals surface area contributed by atoms with Crippen LogP contribution in [0.2, 0.25) is 0 Å². The van der Waals surface area contributed by atoms with Crippen molar-refractivity contribution in [2.24, 2.45) is 0 Å². The minimum absolute atomic E-state index is 0.0641. The average molecular weight is 654 g/mol. The van der Waals surface area contributed by atoms with Gasteiger partial charge in [-0.25, -0.2) is 9.78 Å². The number of ketones is 1. The highest BCUT2D eigenvalue weighted by Gasteiger charge is 2.25. The molecule has 47 heavy (non-hydrogen) atoms. The average Bonchev–Trinajstić information content (AvgIpc) is 3.50. The third-order valence-corrected chi connectivity index (χ3v) is 8.92. The first-order chi connectivity index (χ1) is 22.6. The van der Waals surface area contributed by atoms with Crippen molar-refractivity contribution in [3.63, 3.8) is 0 Å². The van der Waals surface area contributed by atoms with Crippen molar-refractivity contribution in [1.29, 1.82) is 0 Å². The molecular weight excluding hydrogens is 618 g/mol. The predicted molar refractivity (Wildman–Crippen MR) is 181 cm³/mol. The zero-order chi connectivity index (χ0) is 33.7. The fourth-order valence-electron chi connectivity index (χ4n) is 5.42. The van der Waals surface area contributed by atoms with Crippen molar-refractivity contribution < 1.29 is 28.0 Å². The summed E-state index contributed by atoms with van der Waals surface area (Å²) in [5.41, 5.74) is 4.79. The fraction of sp³-hybridized carbons (Fsp3) is 0.222. The van der Waals surface area contributed by atoms with Gasteiger partial charge < -0.3 is 24.0 Å². The lowest BCUT2D eigenvalue weighted by molar-refractivity contribution is -0.117. The van der Waals surface area contributed by atoms with Crippen molar-refractivity contribution in [3.05, 3.63) is 117 Å². The molecule has 0 amide bonds. The summed E-state index contributed by atoms with van der Waals surface area (Å²) in [5, 5.41) is 11.5. The maximum atomic E-state index is 12.7. The summed E-state index contributed by atoms with van der Waals surface area (Å²) in [6, 6.07) is 21.5. The van der Waals surface area contributed by atoms with Crippen LogP contribution >= 0.6 is 0 Å². The Kier molecular flexibility index (Phi) is 10.2. The Labute approximate surface area is 273 Å². The number of aromatic nitrogens is 3. The summed E-state index contributed by atoms with van der Waals surface area (Å²) in [6.07, 6.45) is 1.86. The molecule has 6 aromatic rings. The van der Waals surface area contributed by atoms with Gasteiger partial charge in [-0.1, -0.05) is 42.5 Å². The number of carbonyl (C=O) groups is 1. The smallest absolute Gasteiger partial charge is 0.343 e. The number of Topliss-reactive ketones (excluding diaryl/α,β-unsaturated/α-hetero) is 1. The van der Waals surface area contributed by atoms with Gasteiger partial charge in [0.15, 0.2) is 5.16 Å². The summed E-state index contributed by atoms with van der Waals surface area (Å²) in [4.78, 5) is 36.0. The van der Waals surface area contributed by atoms with Crippen molar-refractivity contribution in [2.45, 2.75) is 44.0 Å². The number of methoxy groups -OCH3 is 2. The summed E-state index contributed by atoms with van der Waals surface area (Å²) in [5.74, 6) is 1.07. The van der Waals surface area contributed by atoms with Crippen LogP contribution in [-0.4, -0.2) is 44.3 Å². The largest absolute Gasteiger partial charge is 0.507 e. The summed E-state index contributed by atoms with van der Waals surface area (Å²) in [7, 11) is 1.91. The number of para-hydroxylation sites is 1. The van der Waals surface area contributed by atoms with Crippen molar-refractivity contribution in [2.75, 3.05) is 14.2 Å². The number of hydrogen-bond acceptors (Lipinski definition) is 9. The molecule has 2 N–H and O–H groups in total. The monoisotopic (exact) mass is 653 g/mol. The van der Waals surface area contributed by atoms with Crippen LogP contribution < -0.4 is 15.1 Å². The quantitative estimate of drug-likeness (QED) is 0.167. The van der Waals surface area contributed by atoms with E-state index in [4.69, 9.17) is 13.9 Å². The van der Waals surface area contributed by atoms with E-state index in [1.165, 1.54) is 6.92 Å². The Bertz CT molecular complexity index is 2140. The number of aromatic amines is 1. The van der Waals surface area contributed by atoms with E-state index in [0.29, 0.717) is 16.1 Å². The third kappa shape index (κ3) is 7.25. The number of aryl methyl sites for hydroxylation is 1. The summed E-state index contributed by atoms with van der Waals surface area (Å²) in [6.45, 7) is 5.33. The molecule has 3 heterocycles. The second kappa shape index (κ2) is 14.4. The number of carbonyl (C=O) groups excluding carboxylic acids is 1. The SMILES string of the molecule is CC(=O)CC(c1ccccc1)c1c(O)c2ccccc2oc1=O.COc1ccc2nc(S(=O)Cc3ncc(C)c(OC)c3C)[nH]c2c1. The molecule has 0 aliphatic heterocycles. The van der Waals surface area contributed by atoms with Crippen LogP contribution in [0.25, 0.3) is 22.0 Å². The number of hydrogen-bond donors (Lipinski definition) is 2. The summed E-state index contributed by atoms with van der Waals surface area (Å²) < 4.78 is 28.6. The molecular formula is C36H35N3O7S. The van der Waals surface area contributed by atoms with Gasteiger partial charge in [-0.15, -0.1) is 0 Å². The van der Waals surface area contributed by atoms with Crippen LogP contribution in [0.5, 0.6) is 17.2 Å². The number of nitrogens with one attached hydrogen (secondary N) is 1. The van der Waals surface area contributed by atoms with Crippen LogP contribution in [0, 0.1) is 13.8 Å². The van der Waals surface area contributed by atoms with E-state index in [0.717, 1.165) is 44.9 Å². The maximum Gasteiger partial charge on any atom is 0.343 e. The van der Waals surface area contributed by atoms with Gasteiger partial charge in [-0.3, -0.25) is 14.0 Å². The molecule has 3 aromatic heterocycles. The number of pyridine rings is 1. The van der Waals surface area contributed by atoms with Crippen molar-refractivity contribution >= 4 is 38.6 Å². The molecule has 6 rings (SSSR count). The first-order valence-electron chi connectivity index (χ1n) is 14.8. The second-order valence-corrected chi connectivity index (χ2v) is 12.3. The molecule has 11 heteroatoms. The van der Waals surface area contributed by atoms with E-state index in [9.17, 15) is 18.9 Å². The van der Waals surface area contributed by atoms with Gasteiger partial charge in [0.2, 0.25) is 0 Å². The zero-order valence-electron chi connectivity index (χ0n) is 26.7. The minimum atomic E-state index is -1.33. The van der Waals surface area contributed by atoms with Crippen LogP contribution in [0.3, 0.4) is 0 Å². The zero-order valence-corrected chi connectivity index (χ0v) is 27.5. The van der Waals surface area contributed by atoms with E-state index < -0.39 is 22.3 Å². The summed E-state index contributed by atoms with van der Waals surface area (Å²) >= 11 is 0. The van der Waals surface area contributed by atoms with Crippen LogP contribution in [-0.2, 0) is 21.3 Å². The molecule has 0 aliphatic carbocycles. The van der Waals surface area contributed by atoms with Crippen LogP contribution in [0.15, 0.2) is 93.4 Å². The first-order valence-corrected chi connectivity index (χ1v) is 16.1. The first kappa shape index (κ1) is 33.1. The molecule has 0 saturated heterocycles. The maximum absolute atomic E-state index is 12.7. The molecule has 0 radical (unpaired) electrons. The lowest BCUT2D eigenvalue weighted by Crippen LogP contribution is -2.16. The Morgan fingerprint density at radius 1 is 1.02 bits per heavy atom. The number of aromatic hydroxyl groups is 1. The molecule has 0 saturated carbocycles. The normalized spacial score (nSPS) is 12.3. The predicted octanol–water partition coefficient (Wildman–Crippen LogP) is 6.51. The van der Waals surface area contributed by atoms with Gasteiger partial charge in [-0.05, 0) is 50.6 Å². The molecule has 242 valence electrons. The Balaban J connectivity index is 0.000000185. The molecule has 0 bridgehead atoms. The highest BCUT2D eigenvalue weighted by Crippen LogP contribution is 2.36. The van der Waals surface area contributed by atoms with E-state index in [1.54, 1.807) is 44.7 Å². The van der Waals surface area contributed by atoms with Gasteiger partial charge in [0.1, 0.15) is 28.6 Å². The van der Waals surface area contributed by atoms with E-state index in [2.05, 4.69) is 15.0 Å². The van der Waals surface area contributed by atoms with Gasteiger partial charge in [0, 0.05) is 35.7 Å². The molecule has 3 aromatic carbocycles. The molecule has 2 atom stereocenters. The highest BCUT2D eigenvalue weighted by molar-refractivity contribution is 7.84. The van der Waals surface area contributed by atoms with Crippen LogP contribution in [0.4, 0.5) is 0 Å². The minimum Gasteiger partial charge on any atom is -0.507 e. The van der Waals surface area contributed by atoms with Gasteiger partial charge in [0.05, 0.1) is 58.4 Å². The molecule has 0 spiro atoms. The Hall–Kier alpha value is -5.29. The van der Waals surface area contributed by atoms with Gasteiger partial charge in [0.25, 0.3) is 0 Å². The van der Waals surface area contributed by atoms with Crippen LogP contribution in [0.1, 0.15) is 47.2 Å². The Morgan fingerprint density at radius 3 is 2.45 bits per heavy atom. The van der Waals surface area contributed by atoms with Crippen molar-refractivity contribution in [1.82, 2.24) is 15.0 Å². The number of rotatable bonds is 9. The van der Waals surface area contributed by atoms with Gasteiger partial charge in [-0.2, -0.15) is 0 Å².